The summed E-state index contributed by atoms with van der Waals surface area (Å²) in [6.45, 7) is 0.667. The number of anilines is 1. The summed E-state index contributed by atoms with van der Waals surface area (Å²) in [6, 6.07) is 0. The first kappa shape index (κ1) is 8.96. The van der Waals surface area contributed by atoms with Gasteiger partial charge in [-0.05, 0) is 6.08 Å². The van der Waals surface area contributed by atoms with Gasteiger partial charge in [-0.3, -0.25) is 0 Å². The van der Waals surface area contributed by atoms with Crippen molar-refractivity contribution < 1.29 is 9.90 Å². The Bertz CT molecular complexity index is 395. The van der Waals surface area contributed by atoms with E-state index in [9.17, 15) is 4.79 Å². The molecule has 14 heavy (non-hydrogen) atoms. The zero-order chi connectivity index (χ0) is 9.97. The van der Waals surface area contributed by atoms with Crippen molar-refractivity contribution in [3.63, 3.8) is 0 Å². The van der Waals surface area contributed by atoms with E-state index in [4.69, 9.17) is 5.11 Å². The fraction of sp³-hybridized carbons (Fsp3) is 0.111. The van der Waals surface area contributed by atoms with Crippen LogP contribution in [0.4, 0.5) is 5.82 Å². The minimum atomic E-state index is -0.916. The molecule has 2 heterocycles. The summed E-state index contributed by atoms with van der Waals surface area (Å²) in [4.78, 5) is 16.6. The van der Waals surface area contributed by atoms with Crippen LogP contribution in [0.1, 0.15) is 0 Å². The maximum atomic E-state index is 10.7. The molecule has 1 N–H and O–H groups in total. The maximum Gasteiger partial charge on any atom is 0.337 e. The van der Waals surface area contributed by atoms with Crippen molar-refractivity contribution in [2.45, 2.75) is 0 Å². The quantitative estimate of drug-likeness (QED) is 0.800. The molecule has 0 spiro atoms. The number of nitrogens with zero attached hydrogens (tertiary/aromatic N) is 2. The van der Waals surface area contributed by atoms with E-state index in [0.29, 0.717) is 6.54 Å². The third kappa shape index (κ3) is 1.67. The van der Waals surface area contributed by atoms with Crippen molar-refractivity contribution in [3.05, 3.63) is 34.8 Å². The summed E-state index contributed by atoms with van der Waals surface area (Å²) >= 11 is 1.49. The van der Waals surface area contributed by atoms with Crippen molar-refractivity contribution in [1.29, 1.82) is 0 Å². The fourth-order valence-electron chi connectivity index (χ4n) is 1.19. The zero-order valence-electron chi connectivity index (χ0n) is 7.25. The molecule has 0 saturated carbocycles. The van der Waals surface area contributed by atoms with E-state index in [1.807, 2.05) is 11.5 Å². The van der Waals surface area contributed by atoms with Crippen LogP contribution < -0.4 is 4.90 Å². The van der Waals surface area contributed by atoms with Gasteiger partial charge < -0.3 is 10.0 Å². The molecule has 0 saturated heterocycles. The molecule has 1 aromatic rings. The first-order valence-corrected chi connectivity index (χ1v) is 4.98. The zero-order valence-corrected chi connectivity index (χ0v) is 8.07. The molecule has 72 valence electrons. The summed E-state index contributed by atoms with van der Waals surface area (Å²) in [6.07, 6.45) is 5.01. The van der Waals surface area contributed by atoms with Gasteiger partial charge in [0.05, 0.1) is 11.1 Å². The number of carboxylic acid groups (broad SMARTS) is 1. The van der Waals surface area contributed by atoms with E-state index < -0.39 is 5.97 Å². The molecule has 2 rings (SSSR count). The predicted octanol–water partition coefficient (Wildman–Crippen LogP) is 1.49. The summed E-state index contributed by atoms with van der Waals surface area (Å²) in [5.41, 5.74) is 2.01. The molecule has 0 fully saturated rings. The first-order chi connectivity index (χ1) is 6.77. The molecular formula is C9H8N2O2S. The number of carbonyl (C=O) groups is 1. The van der Waals surface area contributed by atoms with Gasteiger partial charge in [-0.2, -0.15) is 0 Å². The van der Waals surface area contributed by atoms with Gasteiger partial charge in [0, 0.05) is 18.1 Å². The first-order valence-electron chi connectivity index (χ1n) is 4.04. The Morgan fingerprint density at radius 2 is 2.50 bits per heavy atom. The summed E-state index contributed by atoms with van der Waals surface area (Å²) in [7, 11) is 0. The third-order valence-corrected chi connectivity index (χ3v) is 2.43. The maximum absolute atomic E-state index is 10.7. The number of aromatic nitrogens is 1. The van der Waals surface area contributed by atoms with E-state index in [2.05, 4.69) is 4.98 Å². The van der Waals surface area contributed by atoms with Crippen molar-refractivity contribution in [1.82, 2.24) is 4.98 Å². The average molecular weight is 208 g/mol. The van der Waals surface area contributed by atoms with E-state index >= 15 is 0 Å². The standard InChI is InChI=1S/C9H8N2O2S/c12-9(13)7-2-1-3-11(4-7)8-5-14-6-10-8/h1-2,4-6H,3H2,(H,12,13). The second-order valence-corrected chi connectivity index (χ2v) is 3.51. The summed E-state index contributed by atoms with van der Waals surface area (Å²) in [5.74, 6) is -0.126. The van der Waals surface area contributed by atoms with Crippen LogP contribution in [0, 0.1) is 0 Å². The van der Waals surface area contributed by atoms with Crippen LogP contribution in [-0.2, 0) is 4.79 Å². The second-order valence-electron chi connectivity index (χ2n) is 2.79. The molecule has 4 nitrogen and oxygen atoms in total. The lowest BCUT2D eigenvalue weighted by molar-refractivity contribution is -0.132. The van der Waals surface area contributed by atoms with Gasteiger partial charge in [0.25, 0.3) is 0 Å². The highest BCUT2D eigenvalue weighted by Crippen LogP contribution is 2.18. The number of hydrogen-bond acceptors (Lipinski definition) is 4. The minimum absolute atomic E-state index is 0.282. The molecule has 5 heteroatoms. The molecule has 1 aliphatic rings. The lowest BCUT2D eigenvalue weighted by Crippen LogP contribution is -2.21. The normalized spacial score (nSPS) is 15.4. The fourth-order valence-corrected chi connectivity index (χ4v) is 1.74. The smallest absolute Gasteiger partial charge is 0.337 e. The van der Waals surface area contributed by atoms with Gasteiger partial charge in [-0.25, -0.2) is 9.78 Å². The topological polar surface area (TPSA) is 53.4 Å². The minimum Gasteiger partial charge on any atom is -0.478 e. The average Bonchev–Trinajstić information content (AvgIpc) is 2.71. The highest BCUT2D eigenvalue weighted by molar-refractivity contribution is 7.07. The van der Waals surface area contributed by atoms with Crippen LogP contribution >= 0.6 is 11.3 Å². The second kappa shape index (κ2) is 3.63. The van der Waals surface area contributed by atoms with Gasteiger partial charge in [-0.15, -0.1) is 11.3 Å². The van der Waals surface area contributed by atoms with Gasteiger partial charge in [0.1, 0.15) is 5.82 Å². The van der Waals surface area contributed by atoms with Gasteiger partial charge >= 0.3 is 5.97 Å². The molecule has 0 radical (unpaired) electrons. The summed E-state index contributed by atoms with van der Waals surface area (Å²) in [5, 5.41) is 10.7. The number of carboxylic acids is 1. The molecule has 1 aliphatic heterocycles. The largest absolute Gasteiger partial charge is 0.478 e. The van der Waals surface area contributed by atoms with Crippen molar-refractivity contribution >= 4 is 23.1 Å². The lowest BCUT2D eigenvalue weighted by Gasteiger charge is -2.19. The summed E-state index contributed by atoms with van der Waals surface area (Å²) < 4.78 is 0. The van der Waals surface area contributed by atoms with E-state index in [1.165, 1.54) is 11.3 Å². The van der Waals surface area contributed by atoms with Crippen LogP contribution in [0.3, 0.4) is 0 Å². The Morgan fingerprint density at radius 1 is 1.64 bits per heavy atom. The molecule has 0 unspecified atom stereocenters. The Morgan fingerprint density at radius 3 is 3.14 bits per heavy atom. The predicted molar refractivity (Wildman–Crippen MR) is 54.3 cm³/mol. The van der Waals surface area contributed by atoms with Crippen molar-refractivity contribution in [3.8, 4) is 0 Å². The molecule has 0 bridgehead atoms. The third-order valence-electron chi connectivity index (χ3n) is 1.85. The molecule has 0 atom stereocenters. The lowest BCUT2D eigenvalue weighted by atomic mass is 10.2. The van der Waals surface area contributed by atoms with E-state index in [1.54, 1.807) is 22.7 Å². The SMILES string of the molecule is O=C(O)C1=CN(c2cscn2)CC=C1. The van der Waals surface area contributed by atoms with Gasteiger partial charge in [0.2, 0.25) is 0 Å². The van der Waals surface area contributed by atoms with Crippen molar-refractivity contribution in [2.24, 2.45) is 0 Å². The van der Waals surface area contributed by atoms with Crippen molar-refractivity contribution in [2.75, 3.05) is 11.4 Å². The number of hydrogen-bond donors (Lipinski definition) is 1. The molecule has 0 amide bonds. The molecule has 1 aromatic heterocycles. The number of aliphatic carboxylic acids is 1. The Labute approximate surface area is 84.8 Å². The Kier molecular flexibility index (Phi) is 2.32. The number of thiazole rings is 1. The van der Waals surface area contributed by atoms with Gasteiger partial charge in [0.15, 0.2) is 0 Å². The van der Waals surface area contributed by atoms with Crippen LogP contribution in [-0.4, -0.2) is 22.6 Å². The van der Waals surface area contributed by atoms with E-state index in [-0.39, 0.29) is 5.57 Å². The number of rotatable bonds is 2. The molecular weight excluding hydrogens is 200 g/mol. The molecule has 0 aliphatic carbocycles. The van der Waals surface area contributed by atoms with Crippen LogP contribution in [0.15, 0.2) is 34.8 Å². The van der Waals surface area contributed by atoms with Crippen LogP contribution in [0.5, 0.6) is 0 Å². The van der Waals surface area contributed by atoms with E-state index in [0.717, 1.165) is 5.82 Å². The van der Waals surface area contributed by atoms with Crippen LogP contribution in [0.25, 0.3) is 0 Å². The highest BCUT2D eigenvalue weighted by Gasteiger charge is 2.12. The van der Waals surface area contributed by atoms with Crippen LogP contribution in [0.2, 0.25) is 0 Å². The molecule has 0 aromatic carbocycles. The Balaban J connectivity index is 2.25. The monoisotopic (exact) mass is 208 g/mol. The Hall–Kier alpha value is -1.62. The van der Waals surface area contributed by atoms with Gasteiger partial charge in [-0.1, -0.05) is 6.08 Å². The highest BCUT2D eigenvalue weighted by atomic mass is 32.1.